The van der Waals surface area contributed by atoms with E-state index in [1.54, 1.807) is 53.7 Å². The molecule has 4 rings (SSSR count). The molecule has 0 atom stereocenters. The fourth-order valence-corrected chi connectivity index (χ4v) is 2.57. The first kappa shape index (κ1) is 16.5. The number of aryl methyl sites for hydroxylation is 1. The lowest BCUT2D eigenvalue weighted by Crippen LogP contribution is -2.16. The van der Waals surface area contributed by atoms with Crippen molar-refractivity contribution in [1.29, 1.82) is 0 Å². The van der Waals surface area contributed by atoms with Gasteiger partial charge < -0.3 is 15.5 Å². The second-order valence-corrected chi connectivity index (χ2v) is 5.90. The number of nitrogen functional groups attached to an aromatic ring is 1. The van der Waals surface area contributed by atoms with E-state index in [-0.39, 0.29) is 11.5 Å². The van der Waals surface area contributed by atoms with E-state index in [0.717, 1.165) is 11.1 Å². The molecule has 0 aliphatic carbocycles. The lowest BCUT2D eigenvalue weighted by molar-refractivity contribution is 0.102. The van der Waals surface area contributed by atoms with Gasteiger partial charge in [-0.25, -0.2) is 4.98 Å². The second-order valence-electron chi connectivity index (χ2n) is 5.90. The number of nitrogens with zero attached hydrogens (tertiary/aromatic N) is 4. The first-order valence-corrected chi connectivity index (χ1v) is 8.17. The van der Waals surface area contributed by atoms with Gasteiger partial charge in [0.15, 0.2) is 11.6 Å². The topological polar surface area (TPSA) is 112 Å². The van der Waals surface area contributed by atoms with Crippen molar-refractivity contribution in [3.63, 3.8) is 0 Å². The van der Waals surface area contributed by atoms with Gasteiger partial charge in [0.05, 0.1) is 18.1 Å². The zero-order valence-corrected chi connectivity index (χ0v) is 14.5. The van der Waals surface area contributed by atoms with Crippen LogP contribution in [0.5, 0.6) is 0 Å². The van der Waals surface area contributed by atoms with Gasteiger partial charge in [-0.05, 0) is 30.3 Å². The average molecular weight is 360 g/mol. The Hall–Kier alpha value is -3.94. The van der Waals surface area contributed by atoms with Gasteiger partial charge in [-0.1, -0.05) is 6.07 Å². The van der Waals surface area contributed by atoms with E-state index in [0.29, 0.717) is 17.1 Å². The largest absolute Gasteiger partial charge is 0.463 e. The minimum Gasteiger partial charge on any atom is -0.463 e. The van der Waals surface area contributed by atoms with E-state index in [4.69, 9.17) is 10.2 Å². The molecule has 0 spiro atoms. The average Bonchev–Trinajstić information content (AvgIpc) is 3.35. The predicted octanol–water partition coefficient (Wildman–Crippen LogP) is 2.97. The molecule has 0 radical (unpaired) electrons. The van der Waals surface area contributed by atoms with Crippen LogP contribution in [0, 0.1) is 0 Å². The number of hydrogen-bond acceptors (Lipinski definition) is 6. The molecule has 4 aromatic heterocycles. The maximum absolute atomic E-state index is 12.5. The van der Waals surface area contributed by atoms with Gasteiger partial charge in [0.1, 0.15) is 11.4 Å². The Labute approximate surface area is 154 Å². The number of rotatable bonds is 4. The molecule has 8 nitrogen and oxygen atoms in total. The highest BCUT2D eigenvalue weighted by Crippen LogP contribution is 2.24. The normalized spacial score (nSPS) is 10.7. The number of hydrogen-bond donors (Lipinski definition) is 2. The summed E-state index contributed by atoms with van der Waals surface area (Å²) in [6.45, 7) is 0. The van der Waals surface area contributed by atoms with Crippen molar-refractivity contribution in [3.05, 3.63) is 66.9 Å². The summed E-state index contributed by atoms with van der Waals surface area (Å²) in [5.74, 6) is 0.444. The lowest BCUT2D eigenvalue weighted by atomic mass is 10.1. The van der Waals surface area contributed by atoms with E-state index < -0.39 is 5.91 Å². The fraction of sp³-hybridized carbons (Fsp3) is 0.0526. The third-order valence-electron chi connectivity index (χ3n) is 3.97. The molecular formula is C19H16N6O2. The third-order valence-corrected chi connectivity index (χ3v) is 3.97. The summed E-state index contributed by atoms with van der Waals surface area (Å²) in [4.78, 5) is 21.1. The van der Waals surface area contributed by atoms with Crippen LogP contribution in [0.2, 0.25) is 0 Å². The van der Waals surface area contributed by atoms with Crippen LogP contribution < -0.4 is 11.1 Å². The van der Waals surface area contributed by atoms with Crippen molar-refractivity contribution in [2.45, 2.75) is 0 Å². The molecule has 0 bridgehead atoms. The van der Waals surface area contributed by atoms with Crippen molar-refractivity contribution in [2.75, 3.05) is 11.1 Å². The Morgan fingerprint density at radius 3 is 2.70 bits per heavy atom. The van der Waals surface area contributed by atoms with E-state index in [1.165, 1.54) is 0 Å². The number of carbonyl (C=O) groups excluding carboxylic acids is 1. The molecule has 3 N–H and O–H groups in total. The SMILES string of the molecule is Cn1cc(-c2ccc(C(=O)Nc3nc(-c4ccco4)ccc3N)nc2)cn1. The van der Waals surface area contributed by atoms with Gasteiger partial charge in [0.2, 0.25) is 0 Å². The van der Waals surface area contributed by atoms with Crippen LogP contribution in [0.1, 0.15) is 10.5 Å². The van der Waals surface area contributed by atoms with E-state index in [1.807, 2.05) is 19.3 Å². The molecule has 0 aliphatic rings. The number of amides is 1. The molecule has 0 aliphatic heterocycles. The summed E-state index contributed by atoms with van der Waals surface area (Å²) in [6, 6.07) is 10.4. The molecule has 27 heavy (non-hydrogen) atoms. The zero-order chi connectivity index (χ0) is 18.8. The predicted molar refractivity (Wildman–Crippen MR) is 101 cm³/mol. The van der Waals surface area contributed by atoms with Crippen LogP contribution >= 0.6 is 0 Å². The number of anilines is 2. The summed E-state index contributed by atoms with van der Waals surface area (Å²) in [6.07, 6.45) is 6.80. The van der Waals surface area contributed by atoms with Gasteiger partial charge in [-0.15, -0.1) is 0 Å². The number of aromatic nitrogens is 4. The molecule has 8 heteroatoms. The summed E-state index contributed by atoms with van der Waals surface area (Å²) < 4.78 is 7.03. The highest BCUT2D eigenvalue weighted by Gasteiger charge is 2.13. The number of nitrogens with two attached hydrogens (primary N) is 1. The first-order valence-electron chi connectivity index (χ1n) is 8.17. The van der Waals surface area contributed by atoms with Gasteiger partial charge in [0.25, 0.3) is 5.91 Å². The molecule has 1 amide bonds. The minimum absolute atomic E-state index is 0.257. The molecule has 0 saturated carbocycles. The van der Waals surface area contributed by atoms with Crippen LogP contribution in [0.3, 0.4) is 0 Å². The number of furan rings is 1. The zero-order valence-electron chi connectivity index (χ0n) is 14.5. The summed E-state index contributed by atoms with van der Waals surface area (Å²) in [7, 11) is 1.84. The maximum Gasteiger partial charge on any atom is 0.275 e. The fourth-order valence-electron chi connectivity index (χ4n) is 2.57. The van der Waals surface area contributed by atoms with Gasteiger partial charge >= 0.3 is 0 Å². The molecule has 0 fully saturated rings. The molecular weight excluding hydrogens is 344 g/mol. The number of pyridine rings is 2. The van der Waals surface area contributed by atoms with Crippen molar-refractivity contribution in [1.82, 2.24) is 19.7 Å². The molecule has 0 aromatic carbocycles. The Morgan fingerprint density at radius 2 is 2.04 bits per heavy atom. The van der Waals surface area contributed by atoms with E-state index in [2.05, 4.69) is 20.4 Å². The first-order chi connectivity index (χ1) is 13.1. The Balaban J connectivity index is 1.54. The van der Waals surface area contributed by atoms with Crippen LogP contribution in [0.25, 0.3) is 22.6 Å². The van der Waals surface area contributed by atoms with Gasteiger partial charge in [-0.2, -0.15) is 5.10 Å². The molecule has 0 saturated heterocycles. The highest BCUT2D eigenvalue weighted by molar-refractivity contribution is 6.04. The summed E-state index contributed by atoms with van der Waals surface area (Å²) in [5.41, 5.74) is 8.91. The third kappa shape index (κ3) is 3.40. The van der Waals surface area contributed by atoms with Crippen LogP contribution in [-0.2, 0) is 7.05 Å². The van der Waals surface area contributed by atoms with E-state index in [9.17, 15) is 4.79 Å². The summed E-state index contributed by atoms with van der Waals surface area (Å²) in [5, 5.41) is 6.82. The number of nitrogens with one attached hydrogen (secondary N) is 1. The van der Waals surface area contributed by atoms with Gasteiger partial charge in [-0.3, -0.25) is 14.5 Å². The van der Waals surface area contributed by atoms with Crippen molar-refractivity contribution < 1.29 is 9.21 Å². The molecule has 4 aromatic rings. The quantitative estimate of drug-likeness (QED) is 0.579. The van der Waals surface area contributed by atoms with Crippen LogP contribution in [0.4, 0.5) is 11.5 Å². The highest BCUT2D eigenvalue weighted by atomic mass is 16.3. The van der Waals surface area contributed by atoms with Crippen LogP contribution in [0.15, 0.2) is 65.7 Å². The minimum atomic E-state index is -0.400. The van der Waals surface area contributed by atoms with Crippen LogP contribution in [-0.4, -0.2) is 25.7 Å². The Kier molecular flexibility index (Phi) is 4.13. The van der Waals surface area contributed by atoms with Crippen molar-refractivity contribution in [2.24, 2.45) is 7.05 Å². The monoisotopic (exact) mass is 360 g/mol. The number of carbonyl (C=O) groups is 1. The second kappa shape index (κ2) is 6.75. The molecule has 134 valence electrons. The molecule has 4 heterocycles. The Morgan fingerprint density at radius 1 is 1.15 bits per heavy atom. The van der Waals surface area contributed by atoms with Gasteiger partial charge in [0, 0.05) is 30.6 Å². The van der Waals surface area contributed by atoms with E-state index >= 15 is 0 Å². The standard InChI is InChI=1S/C19H16N6O2/c1-25-11-13(10-22-25)12-4-6-16(21-9-12)19(26)24-18-14(20)5-7-15(23-18)17-3-2-8-27-17/h2-11H,20H2,1H3,(H,23,24,26). The lowest BCUT2D eigenvalue weighted by Gasteiger charge is -2.08. The van der Waals surface area contributed by atoms with Crippen molar-refractivity contribution >= 4 is 17.4 Å². The Bertz CT molecular complexity index is 1080. The summed E-state index contributed by atoms with van der Waals surface area (Å²) >= 11 is 0. The smallest absolute Gasteiger partial charge is 0.275 e. The van der Waals surface area contributed by atoms with Crippen molar-refractivity contribution in [3.8, 4) is 22.6 Å². The molecule has 0 unspecified atom stereocenters. The maximum atomic E-state index is 12.5.